The summed E-state index contributed by atoms with van der Waals surface area (Å²) in [5, 5.41) is 8.96. The molecule has 0 aromatic rings. The Labute approximate surface area is 287 Å². The topological polar surface area (TPSA) is 390 Å². The molecule has 0 spiro atoms. The number of nitrogens with one attached hydrogen (secondary N) is 2. The normalized spacial score (nSPS) is 19.6. The van der Waals surface area contributed by atoms with E-state index in [9.17, 15) is 60.8 Å². The van der Waals surface area contributed by atoms with Gasteiger partial charge >= 0.3 is 46.9 Å². The van der Waals surface area contributed by atoms with Crippen molar-refractivity contribution in [1.82, 2.24) is 11.1 Å². The molecule has 0 aromatic carbocycles. The average Bonchev–Trinajstić information content (AvgIpc) is 3.01. The van der Waals surface area contributed by atoms with Gasteiger partial charge in [-0.25, -0.2) is 27.4 Å². The minimum atomic E-state index is -4.93. The average molecular weight is 884 g/mol. The Bertz CT molecular complexity index is 1260. The van der Waals surface area contributed by atoms with Crippen LogP contribution < -0.4 is 11.1 Å². The SMILES string of the molecule is O=P(O)(O)OCC(CNF)COP(=O)(O)OCCOP(=O)(O)OCCOP(=O)(O)OCCOP(=O)(O)OCCOP(=O)(O)OCC(CO)CNF. The van der Waals surface area contributed by atoms with Gasteiger partial charge in [-0.1, -0.05) is 0 Å². The van der Waals surface area contributed by atoms with Gasteiger partial charge in [-0.3, -0.25) is 49.8 Å². The van der Waals surface area contributed by atoms with Gasteiger partial charge in [0.15, 0.2) is 0 Å². The smallest absolute Gasteiger partial charge is 0.396 e. The second-order valence-corrected chi connectivity index (χ2v) is 17.5. The summed E-state index contributed by atoms with van der Waals surface area (Å²) in [6.07, 6.45) is 0. The van der Waals surface area contributed by atoms with Crippen molar-refractivity contribution in [3.8, 4) is 0 Å². The molecule has 0 saturated carbocycles. The van der Waals surface area contributed by atoms with Crippen molar-refractivity contribution in [1.29, 1.82) is 0 Å². The van der Waals surface area contributed by atoms with Gasteiger partial charge in [0.1, 0.15) is 0 Å². The van der Waals surface area contributed by atoms with Crippen LogP contribution in [0.2, 0.25) is 0 Å². The summed E-state index contributed by atoms with van der Waals surface area (Å²) in [7, 11) is -29.1. The molecule has 0 aliphatic heterocycles. The molecule has 0 bridgehead atoms. The molecule has 0 fully saturated rings. The van der Waals surface area contributed by atoms with Crippen molar-refractivity contribution in [2.75, 3.05) is 92.4 Å². The third-order valence-electron chi connectivity index (χ3n) is 4.78. The van der Waals surface area contributed by atoms with Crippen molar-refractivity contribution < 1.29 is 125 Å². The molecule has 27 nitrogen and oxygen atoms in total. The van der Waals surface area contributed by atoms with E-state index in [1.807, 2.05) is 0 Å². The monoisotopic (exact) mass is 884 g/mol. The van der Waals surface area contributed by atoms with Gasteiger partial charge in [0.25, 0.3) is 0 Å². The van der Waals surface area contributed by atoms with Crippen LogP contribution in [0, 0.1) is 11.8 Å². The lowest BCUT2D eigenvalue weighted by Crippen LogP contribution is -2.25. The molecule has 7 unspecified atom stereocenters. The zero-order valence-electron chi connectivity index (χ0n) is 26.0. The molecular weight excluding hydrogens is 844 g/mol. The maximum atomic E-state index is 12.3. The molecule has 0 aliphatic carbocycles. The maximum absolute atomic E-state index is 12.3. The Morgan fingerprint density at radius 3 is 0.902 bits per heavy atom. The molecule has 0 aliphatic rings. The maximum Gasteiger partial charge on any atom is 0.472 e. The molecule has 35 heteroatoms. The lowest BCUT2D eigenvalue weighted by molar-refractivity contribution is 0.0707. The summed E-state index contributed by atoms with van der Waals surface area (Å²) in [5.41, 5.74) is 2.39. The number of halogens is 2. The Morgan fingerprint density at radius 2 is 0.647 bits per heavy atom. The number of aliphatic hydroxyl groups is 1. The number of aliphatic hydroxyl groups excluding tert-OH is 1. The Hall–Kier alpha value is 0.400. The summed E-state index contributed by atoms with van der Waals surface area (Å²) in [4.78, 5) is 65.1. The van der Waals surface area contributed by atoms with Crippen LogP contribution >= 0.6 is 46.9 Å². The van der Waals surface area contributed by atoms with Crippen LogP contribution in [0.5, 0.6) is 0 Å². The predicted octanol–water partition coefficient (Wildman–Crippen LogP) is -0.0634. The van der Waals surface area contributed by atoms with Crippen molar-refractivity contribution >= 4 is 46.9 Å². The number of phosphoric acid groups is 6. The van der Waals surface area contributed by atoms with Gasteiger partial charge in [0.05, 0.1) is 72.7 Å². The Morgan fingerprint density at radius 1 is 0.412 bits per heavy atom. The standard InChI is InChI=1S/C16H40F2N2O25P6/c17-19-9-15(11-21)12-44-50(31,32)41-7-5-39-48(27,28)37-3-1-35-47(25,26)36-2-4-38-49(29,30)40-6-8-42-51(33,34)45-14-16(10-20-18)13-43-46(22,23)24/h15-16,19-21H,1-14H2,(H,25,26)(H,27,28)(H,29,30)(H,31,32)(H,33,34)(H2,22,23,24). The minimum Gasteiger partial charge on any atom is -0.396 e. The molecule has 7 atom stereocenters. The molecule has 51 heavy (non-hydrogen) atoms. The van der Waals surface area contributed by atoms with Crippen molar-refractivity contribution in [3.63, 3.8) is 0 Å². The van der Waals surface area contributed by atoms with Gasteiger partial charge in [0, 0.05) is 31.5 Å². The third kappa shape index (κ3) is 30.3. The summed E-state index contributed by atoms with van der Waals surface area (Å²) in [6, 6.07) is 0. The number of hydrogen-bond acceptors (Lipinski definition) is 20. The van der Waals surface area contributed by atoms with Crippen LogP contribution in [0.3, 0.4) is 0 Å². The van der Waals surface area contributed by atoms with E-state index in [0.29, 0.717) is 0 Å². The van der Waals surface area contributed by atoms with Crippen LogP contribution in [-0.4, -0.2) is 132 Å². The fraction of sp³-hybridized carbons (Fsp3) is 1.00. The predicted molar refractivity (Wildman–Crippen MR) is 159 cm³/mol. The second kappa shape index (κ2) is 25.5. The Kier molecular flexibility index (Phi) is 25.7. The lowest BCUT2D eigenvalue weighted by atomic mass is 10.2. The van der Waals surface area contributed by atoms with E-state index in [4.69, 9.17) is 14.9 Å². The van der Waals surface area contributed by atoms with Crippen LogP contribution in [0.1, 0.15) is 0 Å². The number of phosphoric ester groups is 6. The quantitative estimate of drug-likeness (QED) is 0.0230. The van der Waals surface area contributed by atoms with Crippen LogP contribution in [0.15, 0.2) is 0 Å². The minimum absolute atomic E-state index is 0.388. The van der Waals surface area contributed by atoms with E-state index < -0.39 is 145 Å². The molecule has 308 valence electrons. The van der Waals surface area contributed by atoms with E-state index in [1.165, 1.54) is 5.54 Å². The number of rotatable bonds is 34. The summed E-state index contributed by atoms with van der Waals surface area (Å²) in [5.74, 6) is -2.04. The molecule has 10 N–H and O–H groups in total. The van der Waals surface area contributed by atoms with Crippen LogP contribution in [-0.2, 0) is 77.2 Å². The summed E-state index contributed by atoms with van der Waals surface area (Å²) in [6.45, 7) is -10.3. The fourth-order valence-electron chi connectivity index (χ4n) is 2.57. The van der Waals surface area contributed by atoms with Crippen molar-refractivity contribution in [2.24, 2.45) is 11.8 Å². The highest BCUT2D eigenvalue weighted by atomic mass is 31.2. The first-order chi connectivity index (χ1) is 23.5. The highest BCUT2D eigenvalue weighted by Gasteiger charge is 2.29. The molecule has 0 heterocycles. The summed E-state index contributed by atoms with van der Waals surface area (Å²) < 4.78 is 143. The highest BCUT2D eigenvalue weighted by Crippen LogP contribution is 2.48. The first kappa shape index (κ1) is 51.4. The third-order valence-corrected chi connectivity index (χ3v) is 10.3. The fourth-order valence-corrected chi connectivity index (χ4v) is 6.59. The van der Waals surface area contributed by atoms with Gasteiger partial charge in [-0.15, -0.1) is 8.96 Å². The first-order valence-electron chi connectivity index (χ1n) is 13.5. The Balaban J connectivity index is 4.26. The first-order valence-corrected chi connectivity index (χ1v) is 22.5. The van der Waals surface area contributed by atoms with Crippen molar-refractivity contribution in [2.45, 2.75) is 0 Å². The second-order valence-electron chi connectivity index (χ2n) is 8.98. The van der Waals surface area contributed by atoms with Gasteiger partial charge in [0.2, 0.25) is 0 Å². The van der Waals surface area contributed by atoms with Gasteiger partial charge in [-0.2, -0.15) is 11.1 Å². The van der Waals surface area contributed by atoms with Gasteiger partial charge in [-0.05, 0) is 0 Å². The molecule has 0 radical (unpaired) electrons. The molecule has 0 amide bonds. The van der Waals surface area contributed by atoms with E-state index in [2.05, 4.69) is 49.8 Å². The van der Waals surface area contributed by atoms with Crippen molar-refractivity contribution in [3.05, 3.63) is 0 Å². The largest absolute Gasteiger partial charge is 0.472 e. The van der Waals surface area contributed by atoms with E-state index in [-0.39, 0.29) is 6.54 Å². The summed E-state index contributed by atoms with van der Waals surface area (Å²) >= 11 is 0. The lowest BCUT2D eigenvalue weighted by Gasteiger charge is -2.18. The zero-order chi connectivity index (χ0) is 39.2. The molecular formula is C16H40F2N2O25P6. The number of hydrogen-bond donors (Lipinski definition) is 10. The molecule has 0 saturated heterocycles. The van der Waals surface area contributed by atoms with E-state index >= 15 is 0 Å². The van der Waals surface area contributed by atoms with Gasteiger partial charge < -0.3 is 39.4 Å². The van der Waals surface area contributed by atoms with Crippen LogP contribution in [0.4, 0.5) is 8.96 Å². The zero-order valence-corrected chi connectivity index (χ0v) is 31.4. The molecule has 0 aromatic heterocycles. The van der Waals surface area contributed by atoms with Crippen LogP contribution in [0.25, 0.3) is 0 Å². The molecule has 0 rings (SSSR count). The van der Waals surface area contributed by atoms with E-state index in [1.54, 1.807) is 0 Å². The highest BCUT2D eigenvalue weighted by molar-refractivity contribution is 7.48. The van der Waals surface area contributed by atoms with E-state index in [0.717, 1.165) is 5.54 Å².